The van der Waals surface area contributed by atoms with Gasteiger partial charge in [0, 0.05) is 19.9 Å². The normalized spacial score (nSPS) is 14.6. The highest BCUT2D eigenvalue weighted by Gasteiger charge is 2.27. The minimum absolute atomic E-state index is 0.167. The molecule has 0 aromatic heterocycles. The van der Waals surface area contributed by atoms with Gasteiger partial charge in [-0.15, -0.1) is 0 Å². The maximum Gasteiger partial charge on any atom is 0.323 e. The lowest BCUT2D eigenvalue weighted by Crippen LogP contribution is -2.41. The fourth-order valence-corrected chi connectivity index (χ4v) is 1.97. The third-order valence-corrected chi connectivity index (χ3v) is 3.00. The lowest BCUT2D eigenvalue weighted by Gasteiger charge is -2.24. The number of rotatable bonds is 4. The maximum absolute atomic E-state index is 12.1. The molecule has 0 radical (unpaired) electrons. The molecular formula is C14H15N3O4. The number of hydrogen-bond donors (Lipinski definition) is 1. The van der Waals surface area contributed by atoms with Crippen molar-refractivity contribution in [1.82, 2.24) is 4.90 Å². The summed E-state index contributed by atoms with van der Waals surface area (Å²) in [6, 6.07) is 8.79. The second-order valence-corrected chi connectivity index (χ2v) is 4.64. The van der Waals surface area contributed by atoms with Crippen molar-refractivity contribution in [3.8, 4) is 0 Å². The number of carbonyl (C=O) groups excluding carboxylic acids is 2. The third-order valence-electron chi connectivity index (χ3n) is 3.00. The molecule has 0 unspecified atom stereocenters. The first-order valence-corrected chi connectivity index (χ1v) is 6.42. The van der Waals surface area contributed by atoms with Crippen LogP contribution in [0.25, 0.3) is 0 Å². The van der Waals surface area contributed by atoms with Crippen LogP contribution < -0.4 is 5.01 Å². The Kier molecular flexibility index (Phi) is 4.32. The predicted octanol–water partition coefficient (Wildman–Crippen LogP) is 0.712. The molecule has 7 nitrogen and oxygen atoms in total. The summed E-state index contributed by atoms with van der Waals surface area (Å²) in [4.78, 5) is 35.7. The van der Waals surface area contributed by atoms with E-state index in [1.807, 2.05) is 6.07 Å². The number of hydrazone groups is 1. The number of para-hydroxylation sites is 1. The van der Waals surface area contributed by atoms with E-state index in [1.165, 1.54) is 12.1 Å². The molecular weight excluding hydrogens is 274 g/mol. The first-order chi connectivity index (χ1) is 9.99. The average Bonchev–Trinajstić information content (AvgIpc) is 2.47. The van der Waals surface area contributed by atoms with E-state index >= 15 is 0 Å². The summed E-state index contributed by atoms with van der Waals surface area (Å²) in [6.07, 6.45) is 0.380. The molecule has 1 aromatic carbocycles. The number of benzene rings is 1. The number of carboxylic acid groups (broad SMARTS) is 1. The minimum atomic E-state index is -1.10. The number of carbonyl (C=O) groups is 3. The molecule has 0 saturated heterocycles. The van der Waals surface area contributed by atoms with Crippen molar-refractivity contribution in [2.45, 2.75) is 12.8 Å². The molecule has 0 atom stereocenters. The summed E-state index contributed by atoms with van der Waals surface area (Å²) in [5, 5.41) is 14.0. The average molecular weight is 289 g/mol. The van der Waals surface area contributed by atoms with Crippen LogP contribution in [-0.4, -0.2) is 47.1 Å². The van der Waals surface area contributed by atoms with E-state index in [4.69, 9.17) is 5.11 Å². The largest absolute Gasteiger partial charge is 0.480 e. The van der Waals surface area contributed by atoms with Crippen LogP contribution in [0, 0.1) is 0 Å². The van der Waals surface area contributed by atoms with Gasteiger partial charge < -0.3 is 10.0 Å². The summed E-state index contributed by atoms with van der Waals surface area (Å²) < 4.78 is 0. The Bertz CT molecular complexity index is 597. The second-order valence-electron chi connectivity index (χ2n) is 4.64. The Balaban J connectivity index is 2.22. The highest BCUT2D eigenvalue weighted by Crippen LogP contribution is 2.20. The lowest BCUT2D eigenvalue weighted by atomic mass is 10.1. The van der Waals surface area contributed by atoms with Crippen molar-refractivity contribution in [3.05, 3.63) is 30.3 Å². The van der Waals surface area contributed by atoms with E-state index < -0.39 is 18.4 Å². The molecule has 1 aromatic rings. The number of likely N-dealkylation sites (N-methyl/N-ethyl adjacent to an activating group) is 1. The monoisotopic (exact) mass is 289 g/mol. The highest BCUT2D eigenvalue weighted by atomic mass is 16.4. The summed E-state index contributed by atoms with van der Waals surface area (Å²) in [5.41, 5.74) is 0.760. The predicted molar refractivity (Wildman–Crippen MR) is 75.9 cm³/mol. The van der Waals surface area contributed by atoms with E-state index in [9.17, 15) is 14.4 Å². The summed E-state index contributed by atoms with van der Waals surface area (Å²) in [6.45, 7) is -0.406. The molecule has 0 bridgehead atoms. The van der Waals surface area contributed by atoms with E-state index in [0.717, 1.165) is 4.90 Å². The fourth-order valence-electron chi connectivity index (χ4n) is 1.97. The zero-order valence-corrected chi connectivity index (χ0v) is 11.5. The number of amides is 2. The molecule has 1 aliphatic heterocycles. The van der Waals surface area contributed by atoms with Crippen LogP contribution in [0.15, 0.2) is 35.4 Å². The number of nitrogens with zero attached hydrogens (tertiary/aromatic N) is 3. The zero-order valence-electron chi connectivity index (χ0n) is 11.5. The molecule has 2 amide bonds. The van der Waals surface area contributed by atoms with Crippen LogP contribution in [-0.2, 0) is 14.4 Å². The SMILES string of the molecule is CN(CC(=O)O)C(=O)C1=NN(c2ccccc2)C(=O)CC1. The Morgan fingerprint density at radius 2 is 1.95 bits per heavy atom. The van der Waals surface area contributed by atoms with Crippen LogP contribution in [0.3, 0.4) is 0 Å². The van der Waals surface area contributed by atoms with Gasteiger partial charge in [-0.05, 0) is 12.1 Å². The molecule has 0 saturated carbocycles. The first kappa shape index (κ1) is 14.7. The van der Waals surface area contributed by atoms with Gasteiger partial charge in [-0.25, -0.2) is 5.01 Å². The summed E-state index contributed by atoms with van der Waals surface area (Å²) >= 11 is 0. The van der Waals surface area contributed by atoms with Gasteiger partial charge >= 0.3 is 5.97 Å². The van der Waals surface area contributed by atoms with E-state index in [1.54, 1.807) is 24.3 Å². The molecule has 2 rings (SSSR count). The molecule has 7 heteroatoms. The van der Waals surface area contributed by atoms with Crippen molar-refractivity contribution in [2.24, 2.45) is 5.10 Å². The standard InChI is InChI=1S/C14H15N3O4/c1-16(9-13(19)20)14(21)11-7-8-12(18)17(15-11)10-5-3-2-4-6-10/h2-6H,7-9H2,1H3,(H,19,20). The molecule has 1 heterocycles. The number of aliphatic carboxylic acids is 1. The van der Waals surface area contributed by atoms with Crippen LogP contribution in [0.2, 0.25) is 0 Å². The molecule has 110 valence electrons. The third kappa shape index (κ3) is 3.44. The van der Waals surface area contributed by atoms with Gasteiger partial charge in [-0.1, -0.05) is 18.2 Å². The number of carboxylic acids is 1. The van der Waals surface area contributed by atoms with Gasteiger partial charge in [0.15, 0.2) is 0 Å². The molecule has 1 aliphatic rings. The van der Waals surface area contributed by atoms with Crippen molar-refractivity contribution in [1.29, 1.82) is 0 Å². The quantitative estimate of drug-likeness (QED) is 0.884. The summed E-state index contributed by atoms with van der Waals surface area (Å²) in [5.74, 6) is -1.78. The Labute approximate surface area is 121 Å². The lowest BCUT2D eigenvalue weighted by molar-refractivity contribution is -0.141. The summed E-state index contributed by atoms with van der Waals surface area (Å²) in [7, 11) is 1.39. The van der Waals surface area contributed by atoms with Gasteiger partial charge in [0.2, 0.25) is 5.91 Å². The molecule has 21 heavy (non-hydrogen) atoms. The van der Waals surface area contributed by atoms with Crippen molar-refractivity contribution in [2.75, 3.05) is 18.6 Å². The number of anilines is 1. The molecule has 0 fully saturated rings. The molecule has 0 spiro atoms. The van der Waals surface area contributed by atoms with Crippen molar-refractivity contribution < 1.29 is 19.5 Å². The van der Waals surface area contributed by atoms with Gasteiger partial charge in [-0.3, -0.25) is 14.4 Å². The van der Waals surface area contributed by atoms with Crippen molar-refractivity contribution >= 4 is 29.2 Å². The van der Waals surface area contributed by atoms with E-state index in [-0.39, 0.29) is 24.5 Å². The molecule has 0 aliphatic carbocycles. The van der Waals surface area contributed by atoms with E-state index in [2.05, 4.69) is 5.10 Å². The zero-order chi connectivity index (χ0) is 15.4. The minimum Gasteiger partial charge on any atom is -0.480 e. The Hall–Kier alpha value is -2.70. The Morgan fingerprint density at radius 1 is 1.29 bits per heavy atom. The van der Waals surface area contributed by atoms with Crippen molar-refractivity contribution in [3.63, 3.8) is 0 Å². The van der Waals surface area contributed by atoms with Gasteiger partial charge in [-0.2, -0.15) is 5.10 Å². The van der Waals surface area contributed by atoms with Gasteiger partial charge in [0.25, 0.3) is 5.91 Å². The topological polar surface area (TPSA) is 90.3 Å². The van der Waals surface area contributed by atoms with Crippen LogP contribution >= 0.6 is 0 Å². The van der Waals surface area contributed by atoms with Crippen LogP contribution in [0.4, 0.5) is 5.69 Å². The second kappa shape index (κ2) is 6.17. The first-order valence-electron chi connectivity index (χ1n) is 6.42. The Morgan fingerprint density at radius 3 is 2.57 bits per heavy atom. The smallest absolute Gasteiger partial charge is 0.323 e. The van der Waals surface area contributed by atoms with Gasteiger partial charge in [0.1, 0.15) is 12.3 Å². The van der Waals surface area contributed by atoms with Crippen LogP contribution in [0.1, 0.15) is 12.8 Å². The van der Waals surface area contributed by atoms with E-state index in [0.29, 0.717) is 5.69 Å². The van der Waals surface area contributed by atoms with Gasteiger partial charge in [0.05, 0.1) is 5.69 Å². The number of hydrogen-bond acceptors (Lipinski definition) is 4. The molecule has 1 N–H and O–H groups in total. The highest BCUT2D eigenvalue weighted by molar-refractivity contribution is 6.40. The maximum atomic E-state index is 12.1. The van der Waals surface area contributed by atoms with Crippen LogP contribution in [0.5, 0.6) is 0 Å². The fraction of sp³-hybridized carbons (Fsp3) is 0.286.